The number of anilines is 1. The lowest BCUT2D eigenvalue weighted by atomic mass is 9.98. The molecule has 1 fully saturated rings. The van der Waals surface area contributed by atoms with Crippen molar-refractivity contribution in [3.05, 3.63) is 38.4 Å². The first-order valence-electron chi connectivity index (χ1n) is 7.47. The number of hydrazone groups is 1. The van der Waals surface area contributed by atoms with Crippen LogP contribution in [0.15, 0.2) is 23.3 Å². The Morgan fingerprint density at radius 3 is 2.72 bits per heavy atom. The Morgan fingerprint density at radius 2 is 2.08 bits per heavy atom. The van der Waals surface area contributed by atoms with Crippen molar-refractivity contribution in [3.63, 3.8) is 0 Å². The van der Waals surface area contributed by atoms with E-state index in [0.29, 0.717) is 6.42 Å². The molecule has 10 nitrogen and oxygen atoms in total. The fraction of sp³-hybridized carbons (Fsp3) is 0.429. The molecule has 1 saturated carbocycles. The quantitative estimate of drug-likeness (QED) is 0.551. The standard InChI is InChI=1S/C14H16N4O6S/c19-14(20)8-25-13-4-2-1-3-11(13)16-15-10-6-5-9(17(21)22)7-12(10)18(23)24/h5-7,13,15H,1-4,8H2,(H,19,20). The highest BCUT2D eigenvalue weighted by atomic mass is 32.2. The minimum atomic E-state index is -0.908. The summed E-state index contributed by atoms with van der Waals surface area (Å²) in [6.45, 7) is 0. The zero-order valence-electron chi connectivity index (χ0n) is 13.1. The van der Waals surface area contributed by atoms with Crippen molar-refractivity contribution in [3.8, 4) is 0 Å². The molecule has 1 aromatic rings. The van der Waals surface area contributed by atoms with Crippen LogP contribution in [0.1, 0.15) is 25.7 Å². The maximum atomic E-state index is 11.1. The molecular formula is C14H16N4O6S. The normalized spacial score (nSPS) is 18.7. The molecule has 2 rings (SSSR count). The molecule has 0 radical (unpaired) electrons. The number of carbonyl (C=O) groups is 1. The van der Waals surface area contributed by atoms with E-state index < -0.39 is 21.5 Å². The van der Waals surface area contributed by atoms with Crippen LogP contribution in [-0.4, -0.2) is 37.6 Å². The van der Waals surface area contributed by atoms with E-state index in [-0.39, 0.29) is 22.4 Å². The zero-order chi connectivity index (χ0) is 18.4. The fourth-order valence-electron chi connectivity index (χ4n) is 2.45. The van der Waals surface area contributed by atoms with Gasteiger partial charge in [0, 0.05) is 11.3 Å². The summed E-state index contributed by atoms with van der Waals surface area (Å²) < 4.78 is 0. The molecule has 1 atom stereocenters. The number of thioether (sulfide) groups is 1. The van der Waals surface area contributed by atoms with Crippen molar-refractivity contribution in [1.82, 2.24) is 0 Å². The van der Waals surface area contributed by atoms with Gasteiger partial charge in [0.25, 0.3) is 5.69 Å². The van der Waals surface area contributed by atoms with E-state index in [9.17, 15) is 25.0 Å². The Bertz CT molecular complexity index is 723. The van der Waals surface area contributed by atoms with Gasteiger partial charge < -0.3 is 5.11 Å². The van der Waals surface area contributed by atoms with Crippen LogP contribution in [0, 0.1) is 20.2 Å². The second-order valence-corrected chi connectivity index (χ2v) is 6.56. The molecule has 11 heteroatoms. The van der Waals surface area contributed by atoms with Gasteiger partial charge in [-0.05, 0) is 25.3 Å². The number of rotatable bonds is 7. The number of aliphatic carboxylic acids is 1. The Kier molecular flexibility index (Phi) is 6.28. The highest BCUT2D eigenvalue weighted by molar-refractivity contribution is 8.01. The number of carboxylic acid groups (broad SMARTS) is 1. The summed E-state index contributed by atoms with van der Waals surface area (Å²) in [4.78, 5) is 31.2. The number of benzene rings is 1. The van der Waals surface area contributed by atoms with Crippen LogP contribution in [0.3, 0.4) is 0 Å². The first-order chi connectivity index (χ1) is 11.9. The van der Waals surface area contributed by atoms with Gasteiger partial charge in [0.15, 0.2) is 0 Å². The average Bonchev–Trinajstić information content (AvgIpc) is 2.58. The minimum Gasteiger partial charge on any atom is -0.481 e. The Balaban J connectivity index is 2.19. The number of carboxylic acids is 1. The lowest BCUT2D eigenvalue weighted by Crippen LogP contribution is -2.24. The van der Waals surface area contributed by atoms with Gasteiger partial charge >= 0.3 is 11.7 Å². The van der Waals surface area contributed by atoms with Crippen molar-refractivity contribution in [2.24, 2.45) is 5.10 Å². The molecule has 0 amide bonds. The molecule has 1 aliphatic carbocycles. The average molecular weight is 368 g/mol. The third-order valence-corrected chi connectivity index (χ3v) is 4.96. The zero-order valence-corrected chi connectivity index (χ0v) is 13.9. The van der Waals surface area contributed by atoms with Gasteiger partial charge in [-0.2, -0.15) is 5.10 Å². The molecule has 0 heterocycles. The summed E-state index contributed by atoms with van der Waals surface area (Å²) in [6, 6.07) is 3.27. The summed E-state index contributed by atoms with van der Waals surface area (Å²) in [6.07, 6.45) is 3.34. The highest BCUT2D eigenvalue weighted by Gasteiger charge is 2.23. The third-order valence-electron chi connectivity index (χ3n) is 3.64. The molecule has 2 N–H and O–H groups in total. The number of non-ortho nitro benzene ring substituents is 1. The van der Waals surface area contributed by atoms with Crippen LogP contribution in [0.2, 0.25) is 0 Å². The molecule has 1 aliphatic rings. The van der Waals surface area contributed by atoms with E-state index in [1.807, 2.05) is 0 Å². The Morgan fingerprint density at radius 1 is 1.32 bits per heavy atom. The van der Waals surface area contributed by atoms with E-state index in [0.717, 1.165) is 37.1 Å². The SMILES string of the molecule is O=C(O)CSC1CCCCC1=NNc1ccc([N+](=O)[O-])cc1[N+](=O)[O-]. The summed E-state index contributed by atoms with van der Waals surface area (Å²) >= 11 is 1.27. The number of nitrogens with zero attached hydrogens (tertiary/aromatic N) is 3. The van der Waals surface area contributed by atoms with Crippen LogP contribution >= 0.6 is 11.8 Å². The number of nitro benzene ring substituents is 2. The minimum absolute atomic E-state index is 0.0403. The maximum absolute atomic E-state index is 11.1. The molecule has 0 aliphatic heterocycles. The van der Waals surface area contributed by atoms with Gasteiger partial charge in [0.2, 0.25) is 0 Å². The molecule has 0 spiro atoms. The van der Waals surface area contributed by atoms with E-state index in [1.165, 1.54) is 17.8 Å². The first-order valence-corrected chi connectivity index (χ1v) is 8.52. The molecule has 0 saturated heterocycles. The largest absolute Gasteiger partial charge is 0.481 e. The predicted octanol–water partition coefficient (Wildman–Crippen LogP) is 3.03. The van der Waals surface area contributed by atoms with Gasteiger partial charge in [-0.25, -0.2) is 0 Å². The summed E-state index contributed by atoms with van der Waals surface area (Å²) in [7, 11) is 0. The van der Waals surface area contributed by atoms with E-state index in [4.69, 9.17) is 5.11 Å². The van der Waals surface area contributed by atoms with Crippen LogP contribution in [-0.2, 0) is 4.79 Å². The Labute approximate surface area is 146 Å². The lowest BCUT2D eigenvalue weighted by molar-refractivity contribution is -0.393. The smallest absolute Gasteiger partial charge is 0.313 e. The summed E-state index contributed by atoms with van der Waals surface area (Å²) in [5.41, 5.74) is 2.59. The second kappa shape index (κ2) is 8.42. The van der Waals surface area contributed by atoms with Gasteiger partial charge in [-0.1, -0.05) is 6.42 Å². The van der Waals surface area contributed by atoms with Crippen LogP contribution in [0.25, 0.3) is 0 Å². The van der Waals surface area contributed by atoms with Gasteiger partial charge in [0.1, 0.15) is 5.69 Å². The number of hydrogen-bond acceptors (Lipinski definition) is 8. The lowest BCUT2D eigenvalue weighted by Gasteiger charge is -2.23. The summed E-state index contributed by atoms with van der Waals surface area (Å²) in [5, 5.41) is 34.8. The van der Waals surface area contributed by atoms with Crippen molar-refractivity contribution < 1.29 is 19.7 Å². The van der Waals surface area contributed by atoms with Crippen molar-refractivity contribution in [2.75, 3.05) is 11.2 Å². The molecule has 0 bridgehead atoms. The monoisotopic (exact) mass is 368 g/mol. The molecule has 25 heavy (non-hydrogen) atoms. The molecular weight excluding hydrogens is 352 g/mol. The molecule has 0 aromatic heterocycles. The van der Waals surface area contributed by atoms with E-state index in [2.05, 4.69) is 10.5 Å². The highest BCUT2D eigenvalue weighted by Crippen LogP contribution is 2.30. The second-order valence-electron chi connectivity index (χ2n) is 5.37. The summed E-state index contributed by atoms with van der Waals surface area (Å²) in [5.74, 6) is -0.949. The topological polar surface area (TPSA) is 148 Å². The predicted molar refractivity (Wildman–Crippen MR) is 93.2 cm³/mol. The van der Waals surface area contributed by atoms with Crippen LogP contribution in [0.5, 0.6) is 0 Å². The first kappa shape index (κ1) is 18.6. The third kappa shape index (κ3) is 5.14. The van der Waals surface area contributed by atoms with Gasteiger partial charge in [-0.3, -0.25) is 30.4 Å². The van der Waals surface area contributed by atoms with E-state index in [1.54, 1.807) is 0 Å². The van der Waals surface area contributed by atoms with E-state index >= 15 is 0 Å². The molecule has 1 aromatic carbocycles. The van der Waals surface area contributed by atoms with Crippen molar-refractivity contribution in [2.45, 2.75) is 30.9 Å². The van der Waals surface area contributed by atoms with Crippen LogP contribution in [0.4, 0.5) is 17.1 Å². The van der Waals surface area contributed by atoms with Crippen molar-refractivity contribution >= 4 is 40.5 Å². The van der Waals surface area contributed by atoms with Crippen LogP contribution < -0.4 is 5.43 Å². The van der Waals surface area contributed by atoms with Crippen molar-refractivity contribution in [1.29, 1.82) is 0 Å². The van der Waals surface area contributed by atoms with Gasteiger partial charge in [0.05, 0.1) is 27.4 Å². The number of hydrogen-bond donors (Lipinski definition) is 2. The molecule has 134 valence electrons. The number of nitrogens with one attached hydrogen (secondary N) is 1. The van der Waals surface area contributed by atoms with Gasteiger partial charge in [-0.15, -0.1) is 11.8 Å². The Hall–Kier alpha value is -2.69. The molecule has 1 unspecified atom stereocenters. The number of nitro groups is 2. The fourth-order valence-corrected chi connectivity index (χ4v) is 3.49. The maximum Gasteiger partial charge on any atom is 0.313 e.